The molecule has 2 aromatic carbocycles. The normalized spacial score (nSPS) is 19.7. The molecular formula is C28H27N3O4. The fraction of sp³-hybridized carbons (Fsp3) is 0.250. The minimum absolute atomic E-state index is 0.00704. The van der Waals surface area contributed by atoms with Gasteiger partial charge in [0, 0.05) is 36.9 Å². The lowest BCUT2D eigenvalue weighted by molar-refractivity contribution is -0.132. The number of anilines is 2. The van der Waals surface area contributed by atoms with E-state index < -0.39 is 17.7 Å². The van der Waals surface area contributed by atoms with Gasteiger partial charge < -0.3 is 14.7 Å². The standard InChI is InChI=1S/C28H27N3O4/c1-35-23-10-4-3-9-22(23)26(32)24-25(19-8-7-15-29-18-19)31(28(34)27(24)33)21-13-11-20(12-14-21)30-16-5-2-6-17-30/h3-4,7-15,18,25,32H,2,5-6,16-17H2,1H3/b26-24+. The van der Waals surface area contributed by atoms with E-state index in [1.807, 2.05) is 24.3 Å². The van der Waals surface area contributed by atoms with Crippen LogP contribution in [0.3, 0.4) is 0 Å². The number of aromatic nitrogens is 1. The molecule has 7 heteroatoms. The lowest BCUT2D eigenvalue weighted by Gasteiger charge is -2.30. The second-order valence-electron chi connectivity index (χ2n) is 8.72. The highest BCUT2D eigenvalue weighted by atomic mass is 16.5. The number of carbonyl (C=O) groups is 2. The summed E-state index contributed by atoms with van der Waals surface area (Å²) < 4.78 is 5.39. The third-order valence-corrected chi connectivity index (χ3v) is 6.66. The highest BCUT2D eigenvalue weighted by molar-refractivity contribution is 6.51. The zero-order valence-corrected chi connectivity index (χ0v) is 19.6. The Kier molecular flexibility index (Phi) is 6.23. The van der Waals surface area contributed by atoms with Gasteiger partial charge in [0.05, 0.1) is 24.3 Å². The van der Waals surface area contributed by atoms with Crippen LogP contribution in [-0.4, -0.2) is 42.0 Å². The largest absolute Gasteiger partial charge is 0.507 e. The lowest BCUT2D eigenvalue weighted by Crippen LogP contribution is -2.30. The molecule has 3 aromatic rings. The zero-order chi connectivity index (χ0) is 24.4. The summed E-state index contributed by atoms with van der Waals surface area (Å²) in [5, 5.41) is 11.3. The van der Waals surface area contributed by atoms with Crippen molar-refractivity contribution in [3.63, 3.8) is 0 Å². The van der Waals surface area contributed by atoms with E-state index in [2.05, 4.69) is 9.88 Å². The van der Waals surface area contributed by atoms with E-state index in [0.717, 1.165) is 18.8 Å². The van der Waals surface area contributed by atoms with Crippen molar-refractivity contribution in [1.82, 2.24) is 4.98 Å². The predicted molar refractivity (Wildman–Crippen MR) is 135 cm³/mol. The van der Waals surface area contributed by atoms with Crippen molar-refractivity contribution in [1.29, 1.82) is 0 Å². The molecule has 178 valence electrons. The Labute approximate surface area is 204 Å². The summed E-state index contributed by atoms with van der Waals surface area (Å²) >= 11 is 0. The Bertz CT molecular complexity index is 1260. The summed E-state index contributed by atoms with van der Waals surface area (Å²) in [5.74, 6) is -1.31. The molecule has 7 nitrogen and oxygen atoms in total. The second kappa shape index (κ2) is 9.62. The van der Waals surface area contributed by atoms with Gasteiger partial charge in [0.2, 0.25) is 0 Å². The number of hydrogen-bond acceptors (Lipinski definition) is 6. The van der Waals surface area contributed by atoms with Gasteiger partial charge in [-0.3, -0.25) is 19.5 Å². The fourth-order valence-electron chi connectivity index (χ4n) is 4.91. The molecule has 0 radical (unpaired) electrons. The number of Topliss-reactive ketones (excluding diaryl/α,β-unsaturated/α-hetero) is 1. The molecule has 5 rings (SSSR count). The van der Waals surface area contributed by atoms with E-state index in [4.69, 9.17) is 4.74 Å². The van der Waals surface area contributed by atoms with Gasteiger partial charge in [0.1, 0.15) is 11.5 Å². The molecule has 0 aliphatic carbocycles. The first-order valence-corrected chi connectivity index (χ1v) is 11.8. The van der Waals surface area contributed by atoms with Crippen molar-refractivity contribution in [3.05, 3.63) is 89.8 Å². The van der Waals surface area contributed by atoms with Gasteiger partial charge in [-0.25, -0.2) is 0 Å². The Balaban J connectivity index is 1.61. The molecule has 2 fully saturated rings. The maximum Gasteiger partial charge on any atom is 0.300 e. The number of aliphatic hydroxyl groups excluding tert-OH is 1. The van der Waals surface area contributed by atoms with Crippen LogP contribution in [0.15, 0.2) is 78.6 Å². The molecule has 0 bridgehead atoms. The van der Waals surface area contributed by atoms with Gasteiger partial charge >= 0.3 is 0 Å². The molecule has 1 unspecified atom stereocenters. The van der Waals surface area contributed by atoms with Gasteiger partial charge in [-0.05, 0) is 67.3 Å². The van der Waals surface area contributed by atoms with Crippen LogP contribution in [-0.2, 0) is 9.59 Å². The number of pyridine rings is 1. The number of para-hydroxylation sites is 1. The second-order valence-corrected chi connectivity index (χ2v) is 8.72. The number of amides is 1. The molecule has 2 saturated heterocycles. The molecule has 2 aliphatic heterocycles. The first kappa shape index (κ1) is 22.7. The van der Waals surface area contributed by atoms with Crippen molar-refractivity contribution in [2.24, 2.45) is 0 Å². The lowest BCUT2D eigenvalue weighted by atomic mass is 9.96. The average molecular weight is 470 g/mol. The van der Waals surface area contributed by atoms with Crippen molar-refractivity contribution < 1.29 is 19.4 Å². The van der Waals surface area contributed by atoms with Crippen LogP contribution >= 0.6 is 0 Å². The summed E-state index contributed by atoms with van der Waals surface area (Å²) in [6.45, 7) is 2.02. The molecule has 1 atom stereocenters. The molecule has 0 saturated carbocycles. The number of piperidine rings is 1. The Morgan fingerprint density at radius 1 is 0.943 bits per heavy atom. The Morgan fingerprint density at radius 2 is 1.66 bits per heavy atom. The van der Waals surface area contributed by atoms with Crippen molar-refractivity contribution in [2.75, 3.05) is 30.0 Å². The number of nitrogens with zero attached hydrogens (tertiary/aromatic N) is 3. The van der Waals surface area contributed by atoms with E-state index in [1.165, 1.54) is 31.3 Å². The van der Waals surface area contributed by atoms with Crippen LogP contribution in [0.5, 0.6) is 5.75 Å². The van der Waals surface area contributed by atoms with Crippen LogP contribution in [0.2, 0.25) is 0 Å². The van der Waals surface area contributed by atoms with E-state index >= 15 is 0 Å². The van der Waals surface area contributed by atoms with Crippen molar-refractivity contribution in [2.45, 2.75) is 25.3 Å². The number of carbonyl (C=O) groups excluding carboxylic acids is 2. The number of aliphatic hydroxyl groups is 1. The summed E-state index contributed by atoms with van der Waals surface area (Å²) in [6.07, 6.45) is 6.82. The first-order chi connectivity index (χ1) is 17.1. The van der Waals surface area contributed by atoms with Crippen LogP contribution in [0.1, 0.15) is 36.4 Å². The molecule has 1 aromatic heterocycles. The quantitative estimate of drug-likeness (QED) is 0.331. The fourth-order valence-corrected chi connectivity index (χ4v) is 4.91. The third-order valence-electron chi connectivity index (χ3n) is 6.66. The molecule has 0 spiro atoms. The van der Waals surface area contributed by atoms with Gasteiger partial charge in [-0.1, -0.05) is 18.2 Å². The minimum Gasteiger partial charge on any atom is -0.507 e. The number of methoxy groups -OCH3 is 1. The first-order valence-electron chi connectivity index (χ1n) is 11.8. The smallest absolute Gasteiger partial charge is 0.300 e. The van der Waals surface area contributed by atoms with E-state index in [1.54, 1.807) is 48.8 Å². The number of benzene rings is 2. The highest BCUT2D eigenvalue weighted by Crippen LogP contribution is 2.43. The Morgan fingerprint density at radius 3 is 2.34 bits per heavy atom. The molecule has 1 N–H and O–H groups in total. The SMILES string of the molecule is COc1ccccc1/C(O)=C1\C(=O)C(=O)N(c2ccc(N3CCCCC3)cc2)C1c1cccnc1. The molecule has 2 aliphatic rings. The van der Waals surface area contributed by atoms with E-state index in [9.17, 15) is 14.7 Å². The van der Waals surface area contributed by atoms with Crippen LogP contribution in [0, 0.1) is 0 Å². The topological polar surface area (TPSA) is 83.0 Å². The van der Waals surface area contributed by atoms with Crippen molar-refractivity contribution in [3.8, 4) is 5.75 Å². The van der Waals surface area contributed by atoms with E-state index in [0.29, 0.717) is 22.6 Å². The molecule has 35 heavy (non-hydrogen) atoms. The summed E-state index contributed by atoms with van der Waals surface area (Å²) in [7, 11) is 1.49. The molecule has 1 amide bonds. The molecular weight excluding hydrogens is 442 g/mol. The predicted octanol–water partition coefficient (Wildman–Crippen LogP) is 4.71. The summed E-state index contributed by atoms with van der Waals surface area (Å²) in [6, 6.07) is 17.3. The van der Waals surface area contributed by atoms with Gasteiger partial charge in [-0.15, -0.1) is 0 Å². The van der Waals surface area contributed by atoms with Crippen LogP contribution in [0.25, 0.3) is 5.76 Å². The van der Waals surface area contributed by atoms with Crippen LogP contribution in [0.4, 0.5) is 11.4 Å². The summed E-state index contributed by atoms with van der Waals surface area (Å²) in [4.78, 5) is 34.6. The number of ketones is 1. The van der Waals surface area contributed by atoms with E-state index in [-0.39, 0.29) is 11.3 Å². The zero-order valence-electron chi connectivity index (χ0n) is 19.6. The number of rotatable bonds is 5. The van der Waals surface area contributed by atoms with Crippen LogP contribution < -0.4 is 14.5 Å². The van der Waals surface area contributed by atoms with Gasteiger partial charge in [0.25, 0.3) is 11.7 Å². The van der Waals surface area contributed by atoms with Gasteiger partial charge in [-0.2, -0.15) is 0 Å². The number of hydrogen-bond donors (Lipinski definition) is 1. The van der Waals surface area contributed by atoms with Crippen molar-refractivity contribution >= 4 is 28.8 Å². The summed E-state index contributed by atoms with van der Waals surface area (Å²) in [5.41, 5.74) is 2.66. The average Bonchev–Trinajstić information content (AvgIpc) is 3.19. The maximum absolute atomic E-state index is 13.3. The highest BCUT2D eigenvalue weighted by Gasteiger charge is 2.47. The maximum atomic E-state index is 13.3. The Hall–Kier alpha value is -4.13. The molecule has 3 heterocycles. The monoisotopic (exact) mass is 469 g/mol. The minimum atomic E-state index is -0.825. The third kappa shape index (κ3) is 4.14. The number of ether oxygens (including phenoxy) is 1. The van der Waals surface area contributed by atoms with Gasteiger partial charge in [0.15, 0.2) is 0 Å².